The highest BCUT2D eigenvalue weighted by Crippen LogP contribution is 2.27. The second-order valence-corrected chi connectivity index (χ2v) is 6.44. The van der Waals surface area contributed by atoms with E-state index in [1.165, 1.54) is 35.6 Å². The summed E-state index contributed by atoms with van der Waals surface area (Å²) in [4.78, 5) is 13.7. The number of halogens is 3. The van der Waals surface area contributed by atoms with Gasteiger partial charge in [0.15, 0.2) is 0 Å². The fourth-order valence-electron chi connectivity index (χ4n) is 2.40. The molecule has 0 saturated carbocycles. The van der Waals surface area contributed by atoms with Gasteiger partial charge in [0.25, 0.3) is 5.91 Å². The number of amides is 1. The van der Waals surface area contributed by atoms with Crippen LogP contribution < -0.4 is 10.1 Å². The van der Waals surface area contributed by atoms with Crippen LogP contribution in [0.15, 0.2) is 30.3 Å². The fourth-order valence-corrected chi connectivity index (χ4v) is 3.44. The van der Waals surface area contributed by atoms with Gasteiger partial charge in [-0.3, -0.25) is 9.48 Å². The number of thiophene rings is 1. The Balaban J connectivity index is 1.64. The summed E-state index contributed by atoms with van der Waals surface area (Å²) in [6, 6.07) is 7.16. The SMILES string of the molecule is Cc1nn(C)c2sc(C(=O)NCc3ccc(OC(F)(F)F)cc3)cc12. The molecule has 132 valence electrons. The summed E-state index contributed by atoms with van der Waals surface area (Å²) in [5.74, 6) is -0.536. The van der Waals surface area contributed by atoms with Gasteiger partial charge in [0.2, 0.25) is 0 Å². The summed E-state index contributed by atoms with van der Waals surface area (Å²) >= 11 is 1.34. The number of carbonyl (C=O) groups is 1. The van der Waals surface area contributed by atoms with Crippen molar-refractivity contribution in [2.24, 2.45) is 7.05 Å². The molecule has 0 spiro atoms. The molecule has 0 atom stereocenters. The average molecular weight is 369 g/mol. The standard InChI is InChI=1S/C16H14F3N3O2S/c1-9-12-7-13(25-15(12)22(2)21-9)14(23)20-8-10-3-5-11(6-4-10)24-16(17,18)19/h3-7H,8H2,1-2H3,(H,20,23). The predicted octanol–water partition coefficient (Wildman–Crippen LogP) is 3.77. The molecule has 1 amide bonds. The Hall–Kier alpha value is -2.55. The predicted molar refractivity (Wildman–Crippen MR) is 87.6 cm³/mol. The maximum atomic E-state index is 12.3. The number of fused-ring (bicyclic) bond motifs is 1. The number of alkyl halides is 3. The first-order valence-electron chi connectivity index (χ1n) is 7.29. The van der Waals surface area contributed by atoms with Crippen molar-refractivity contribution >= 4 is 27.5 Å². The van der Waals surface area contributed by atoms with Gasteiger partial charge in [-0.05, 0) is 30.7 Å². The highest BCUT2D eigenvalue weighted by atomic mass is 32.1. The van der Waals surface area contributed by atoms with E-state index in [0.717, 1.165) is 15.9 Å². The van der Waals surface area contributed by atoms with Gasteiger partial charge < -0.3 is 10.1 Å². The topological polar surface area (TPSA) is 56.2 Å². The van der Waals surface area contributed by atoms with E-state index < -0.39 is 6.36 Å². The summed E-state index contributed by atoms with van der Waals surface area (Å²) in [7, 11) is 1.82. The second-order valence-electron chi connectivity index (χ2n) is 5.41. The van der Waals surface area contributed by atoms with Crippen LogP contribution in [-0.2, 0) is 13.6 Å². The number of rotatable bonds is 4. The molecule has 9 heteroatoms. The van der Waals surface area contributed by atoms with E-state index in [-0.39, 0.29) is 18.2 Å². The molecule has 0 bridgehead atoms. The van der Waals surface area contributed by atoms with Crippen LogP contribution in [0.1, 0.15) is 20.9 Å². The van der Waals surface area contributed by atoms with E-state index in [1.807, 2.05) is 14.0 Å². The monoisotopic (exact) mass is 369 g/mol. The number of ether oxygens (including phenoxy) is 1. The fraction of sp³-hybridized carbons (Fsp3) is 0.250. The number of aromatic nitrogens is 2. The van der Waals surface area contributed by atoms with Crippen LogP contribution in [-0.4, -0.2) is 22.1 Å². The summed E-state index contributed by atoms with van der Waals surface area (Å²) in [6.07, 6.45) is -4.72. The lowest BCUT2D eigenvalue weighted by Crippen LogP contribution is -2.21. The lowest BCUT2D eigenvalue weighted by molar-refractivity contribution is -0.274. The van der Waals surface area contributed by atoms with E-state index in [2.05, 4.69) is 15.2 Å². The second kappa shape index (κ2) is 6.40. The van der Waals surface area contributed by atoms with Crippen molar-refractivity contribution in [3.8, 4) is 5.75 Å². The van der Waals surface area contributed by atoms with Gasteiger partial charge in [-0.1, -0.05) is 12.1 Å². The summed E-state index contributed by atoms with van der Waals surface area (Å²) in [5, 5.41) is 7.97. The Morgan fingerprint density at radius 3 is 2.60 bits per heavy atom. The number of nitrogens with one attached hydrogen (secondary N) is 1. The van der Waals surface area contributed by atoms with Gasteiger partial charge in [0, 0.05) is 19.0 Å². The number of hydrogen-bond acceptors (Lipinski definition) is 4. The number of aryl methyl sites for hydroxylation is 2. The van der Waals surface area contributed by atoms with E-state index in [1.54, 1.807) is 10.7 Å². The minimum atomic E-state index is -4.72. The van der Waals surface area contributed by atoms with Crippen molar-refractivity contribution in [1.29, 1.82) is 0 Å². The first kappa shape index (κ1) is 17.3. The molecule has 0 saturated heterocycles. The Morgan fingerprint density at radius 2 is 2.00 bits per heavy atom. The van der Waals surface area contributed by atoms with Gasteiger partial charge in [0.05, 0.1) is 10.6 Å². The molecular weight excluding hydrogens is 355 g/mol. The third kappa shape index (κ3) is 3.93. The van der Waals surface area contributed by atoms with Crippen molar-refractivity contribution in [1.82, 2.24) is 15.1 Å². The van der Waals surface area contributed by atoms with Crippen LogP contribution in [0.5, 0.6) is 5.75 Å². The molecule has 3 rings (SSSR count). The summed E-state index contributed by atoms with van der Waals surface area (Å²) in [6.45, 7) is 2.08. The molecule has 3 aromatic rings. The molecule has 0 aliphatic rings. The lowest BCUT2D eigenvalue weighted by Gasteiger charge is -2.09. The average Bonchev–Trinajstić information content (AvgIpc) is 3.07. The first-order valence-corrected chi connectivity index (χ1v) is 8.10. The zero-order chi connectivity index (χ0) is 18.2. The minimum Gasteiger partial charge on any atom is -0.406 e. The molecule has 2 aromatic heterocycles. The lowest BCUT2D eigenvalue weighted by atomic mass is 10.2. The number of benzene rings is 1. The van der Waals surface area contributed by atoms with Crippen molar-refractivity contribution in [3.05, 3.63) is 46.5 Å². The Bertz CT molecular complexity index is 879. The maximum absolute atomic E-state index is 12.3. The summed E-state index contributed by atoms with van der Waals surface area (Å²) < 4.78 is 41.9. The Labute approximate surface area is 145 Å². The van der Waals surface area contributed by atoms with Crippen LogP contribution in [0.3, 0.4) is 0 Å². The molecule has 5 nitrogen and oxygen atoms in total. The highest BCUT2D eigenvalue weighted by molar-refractivity contribution is 7.20. The largest absolute Gasteiger partial charge is 0.573 e. The highest BCUT2D eigenvalue weighted by Gasteiger charge is 2.30. The summed E-state index contributed by atoms with van der Waals surface area (Å²) in [5.41, 5.74) is 1.52. The van der Waals surface area contributed by atoms with Gasteiger partial charge >= 0.3 is 6.36 Å². The van der Waals surface area contributed by atoms with Crippen LogP contribution in [0.2, 0.25) is 0 Å². The molecule has 1 N–H and O–H groups in total. The number of hydrogen-bond donors (Lipinski definition) is 1. The third-order valence-corrected chi connectivity index (χ3v) is 4.73. The van der Waals surface area contributed by atoms with Crippen LogP contribution in [0, 0.1) is 6.92 Å². The van der Waals surface area contributed by atoms with E-state index >= 15 is 0 Å². The smallest absolute Gasteiger partial charge is 0.406 e. The van der Waals surface area contributed by atoms with E-state index in [9.17, 15) is 18.0 Å². The first-order chi connectivity index (χ1) is 11.7. The van der Waals surface area contributed by atoms with Crippen LogP contribution in [0.25, 0.3) is 10.2 Å². The molecule has 0 aliphatic carbocycles. The van der Waals surface area contributed by atoms with Crippen molar-refractivity contribution in [3.63, 3.8) is 0 Å². The van der Waals surface area contributed by atoms with Gasteiger partial charge in [-0.2, -0.15) is 5.10 Å². The van der Waals surface area contributed by atoms with Crippen molar-refractivity contribution in [2.45, 2.75) is 19.8 Å². The molecule has 0 unspecified atom stereocenters. The zero-order valence-electron chi connectivity index (χ0n) is 13.3. The molecular formula is C16H14F3N3O2S. The van der Waals surface area contributed by atoms with Crippen molar-refractivity contribution in [2.75, 3.05) is 0 Å². The molecule has 2 heterocycles. The number of nitrogens with zero attached hydrogens (tertiary/aromatic N) is 2. The normalized spacial score (nSPS) is 11.7. The molecule has 1 aromatic carbocycles. The van der Waals surface area contributed by atoms with E-state index in [4.69, 9.17) is 0 Å². The maximum Gasteiger partial charge on any atom is 0.573 e. The minimum absolute atomic E-state index is 0.205. The van der Waals surface area contributed by atoms with Gasteiger partial charge in [-0.25, -0.2) is 0 Å². The van der Waals surface area contributed by atoms with Crippen LogP contribution >= 0.6 is 11.3 Å². The van der Waals surface area contributed by atoms with Gasteiger partial charge in [-0.15, -0.1) is 24.5 Å². The third-order valence-electron chi connectivity index (χ3n) is 3.53. The Kier molecular flexibility index (Phi) is 4.42. The molecule has 0 aliphatic heterocycles. The quantitative estimate of drug-likeness (QED) is 0.762. The van der Waals surface area contributed by atoms with Gasteiger partial charge in [0.1, 0.15) is 10.6 Å². The molecule has 0 fully saturated rings. The van der Waals surface area contributed by atoms with E-state index in [0.29, 0.717) is 10.4 Å². The van der Waals surface area contributed by atoms with Crippen LogP contribution in [0.4, 0.5) is 13.2 Å². The molecule has 0 radical (unpaired) electrons. The molecule has 25 heavy (non-hydrogen) atoms. The zero-order valence-corrected chi connectivity index (χ0v) is 14.2. The van der Waals surface area contributed by atoms with Crippen molar-refractivity contribution < 1.29 is 22.7 Å². The Morgan fingerprint density at radius 1 is 1.32 bits per heavy atom. The number of carbonyl (C=O) groups excluding carboxylic acids is 1.